The SMILES string of the molecule is CCC.CCCC(N1CCCC1=O)C(C)(C)C. The Bertz CT molecular complexity index is 217. The van der Waals surface area contributed by atoms with E-state index in [0.29, 0.717) is 11.9 Å². The second kappa shape index (κ2) is 7.73. The van der Waals surface area contributed by atoms with Crippen LogP contribution < -0.4 is 0 Å². The smallest absolute Gasteiger partial charge is 0.222 e. The summed E-state index contributed by atoms with van der Waals surface area (Å²) in [5, 5.41) is 0. The molecule has 0 saturated carbocycles. The van der Waals surface area contributed by atoms with E-state index in [4.69, 9.17) is 0 Å². The molecule has 0 N–H and O–H groups in total. The minimum absolute atomic E-state index is 0.218. The van der Waals surface area contributed by atoms with Crippen molar-refractivity contribution in [1.82, 2.24) is 4.90 Å². The summed E-state index contributed by atoms with van der Waals surface area (Å²) >= 11 is 0. The highest BCUT2D eigenvalue weighted by molar-refractivity contribution is 5.78. The molecule has 1 heterocycles. The Kier molecular flexibility index (Phi) is 7.49. The second-order valence-electron chi connectivity index (χ2n) is 6.07. The Morgan fingerprint density at radius 3 is 2.06 bits per heavy atom. The van der Waals surface area contributed by atoms with E-state index in [-0.39, 0.29) is 5.41 Å². The quantitative estimate of drug-likeness (QED) is 0.723. The van der Waals surface area contributed by atoms with Crippen LogP contribution in [0.4, 0.5) is 0 Å². The standard InChI is InChI=1S/C12H23NO.C3H8/c1-5-7-10(12(2,3)4)13-9-6-8-11(13)14;1-3-2/h10H,5-9H2,1-4H3;3H2,1-2H3. The lowest BCUT2D eigenvalue weighted by molar-refractivity contribution is -0.131. The summed E-state index contributed by atoms with van der Waals surface area (Å²) in [4.78, 5) is 13.8. The van der Waals surface area contributed by atoms with Crippen LogP contribution in [0.5, 0.6) is 0 Å². The molecule has 1 saturated heterocycles. The summed E-state index contributed by atoms with van der Waals surface area (Å²) in [6, 6.07) is 0.433. The molecular weight excluding hydrogens is 210 g/mol. The van der Waals surface area contributed by atoms with E-state index in [2.05, 4.69) is 46.4 Å². The fraction of sp³-hybridized carbons (Fsp3) is 0.933. The van der Waals surface area contributed by atoms with E-state index in [1.807, 2.05) is 0 Å². The van der Waals surface area contributed by atoms with Crippen LogP contribution in [0.15, 0.2) is 0 Å². The number of rotatable bonds is 3. The van der Waals surface area contributed by atoms with Gasteiger partial charge >= 0.3 is 0 Å². The van der Waals surface area contributed by atoms with Gasteiger partial charge in [-0.25, -0.2) is 0 Å². The van der Waals surface area contributed by atoms with Gasteiger partial charge in [-0.2, -0.15) is 0 Å². The van der Waals surface area contributed by atoms with Crippen LogP contribution in [-0.2, 0) is 4.79 Å². The normalized spacial score (nSPS) is 17.8. The maximum absolute atomic E-state index is 11.7. The van der Waals surface area contributed by atoms with Crippen LogP contribution in [0.2, 0.25) is 0 Å². The lowest BCUT2D eigenvalue weighted by Gasteiger charge is -2.38. The van der Waals surface area contributed by atoms with Gasteiger partial charge in [0.15, 0.2) is 0 Å². The zero-order valence-electron chi connectivity index (χ0n) is 12.7. The third kappa shape index (κ3) is 5.56. The van der Waals surface area contributed by atoms with Gasteiger partial charge in [-0.3, -0.25) is 4.79 Å². The maximum Gasteiger partial charge on any atom is 0.222 e. The minimum Gasteiger partial charge on any atom is -0.339 e. The van der Waals surface area contributed by atoms with Gasteiger partial charge in [0.1, 0.15) is 0 Å². The van der Waals surface area contributed by atoms with Crippen molar-refractivity contribution in [2.45, 2.75) is 79.7 Å². The molecule has 0 aromatic rings. The fourth-order valence-corrected chi connectivity index (χ4v) is 2.33. The van der Waals surface area contributed by atoms with Crippen molar-refractivity contribution >= 4 is 5.91 Å². The summed E-state index contributed by atoms with van der Waals surface area (Å²) in [7, 11) is 0. The van der Waals surface area contributed by atoms with E-state index >= 15 is 0 Å². The average molecular weight is 241 g/mol. The Balaban J connectivity index is 0.000000770. The summed E-state index contributed by atoms with van der Waals surface area (Å²) in [5.74, 6) is 0.360. The van der Waals surface area contributed by atoms with Crippen LogP contribution >= 0.6 is 0 Å². The molecule has 1 amide bonds. The first-order valence-electron chi connectivity index (χ1n) is 7.17. The molecule has 1 aliphatic rings. The van der Waals surface area contributed by atoms with Crippen LogP contribution in [0.3, 0.4) is 0 Å². The third-order valence-corrected chi connectivity index (χ3v) is 3.05. The van der Waals surface area contributed by atoms with Gasteiger partial charge in [0, 0.05) is 19.0 Å². The highest BCUT2D eigenvalue weighted by Gasteiger charge is 2.34. The van der Waals surface area contributed by atoms with Gasteiger partial charge < -0.3 is 4.90 Å². The maximum atomic E-state index is 11.7. The van der Waals surface area contributed by atoms with Gasteiger partial charge in [-0.1, -0.05) is 54.4 Å². The monoisotopic (exact) mass is 241 g/mol. The summed E-state index contributed by atoms with van der Waals surface area (Å²) in [5.41, 5.74) is 0.218. The van der Waals surface area contributed by atoms with Crippen molar-refractivity contribution in [3.8, 4) is 0 Å². The molecule has 0 aliphatic carbocycles. The van der Waals surface area contributed by atoms with Gasteiger partial charge in [-0.05, 0) is 18.3 Å². The summed E-state index contributed by atoms with van der Waals surface area (Å²) in [6.07, 6.45) is 5.35. The molecule has 0 radical (unpaired) electrons. The first-order chi connectivity index (χ1) is 7.88. The van der Waals surface area contributed by atoms with Gasteiger partial charge in [0.25, 0.3) is 0 Å². The number of amides is 1. The molecule has 17 heavy (non-hydrogen) atoms. The topological polar surface area (TPSA) is 20.3 Å². The molecular formula is C15H31NO. The lowest BCUT2D eigenvalue weighted by Crippen LogP contribution is -2.44. The Morgan fingerprint density at radius 1 is 1.24 bits per heavy atom. The molecule has 1 atom stereocenters. The minimum atomic E-state index is 0.218. The second-order valence-corrected chi connectivity index (χ2v) is 6.07. The fourth-order valence-electron chi connectivity index (χ4n) is 2.33. The van der Waals surface area contributed by atoms with Crippen molar-refractivity contribution in [3.63, 3.8) is 0 Å². The van der Waals surface area contributed by atoms with Crippen molar-refractivity contribution in [2.75, 3.05) is 6.54 Å². The molecule has 0 bridgehead atoms. The highest BCUT2D eigenvalue weighted by Crippen LogP contribution is 2.30. The summed E-state index contributed by atoms with van der Waals surface area (Å²) in [6.45, 7) is 14.1. The Hall–Kier alpha value is -0.530. The number of hydrogen-bond donors (Lipinski definition) is 0. The van der Waals surface area contributed by atoms with E-state index in [1.165, 1.54) is 6.42 Å². The molecule has 1 aliphatic heterocycles. The molecule has 2 heteroatoms. The van der Waals surface area contributed by atoms with E-state index in [0.717, 1.165) is 32.2 Å². The number of hydrogen-bond acceptors (Lipinski definition) is 1. The predicted octanol–water partition coefficient (Wildman–Crippen LogP) is 4.24. The molecule has 1 rings (SSSR count). The van der Waals surface area contributed by atoms with E-state index in [9.17, 15) is 4.79 Å². The molecule has 1 unspecified atom stereocenters. The van der Waals surface area contributed by atoms with Crippen molar-refractivity contribution in [2.24, 2.45) is 5.41 Å². The van der Waals surface area contributed by atoms with E-state index < -0.39 is 0 Å². The molecule has 2 nitrogen and oxygen atoms in total. The van der Waals surface area contributed by atoms with Crippen molar-refractivity contribution < 1.29 is 4.79 Å². The van der Waals surface area contributed by atoms with Crippen LogP contribution in [0.25, 0.3) is 0 Å². The average Bonchev–Trinajstić information content (AvgIpc) is 2.60. The molecule has 0 aromatic heterocycles. The highest BCUT2D eigenvalue weighted by atomic mass is 16.2. The Morgan fingerprint density at radius 2 is 1.76 bits per heavy atom. The van der Waals surface area contributed by atoms with Crippen molar-refractivity contribution in [1.29, 1.82) is 0 Å². The zero-order valence-corrected chi connectivity index (χ0v) is 12.7. The summed E-state index contributed by atoms with van der Waals surface area (Å²) < 4.78 is 0. The first-order valence-corrected chi connectivity index (χ1v) is 7.17. The van der Waals surface area contributed by atoms with Crippen molar-refractivity contribution in [3.05, 3.63) is 0 Å². The van der Waals surface area contributed by atoms with Crippen LogP contribution in [0.1, 0.15) is 73.6 Å². The number of carbonyl (C=O) groups excluding carboxylic acids is 1. The lowest BCUT2D eigenvalue weighted by atomic mass is 9.83. The molecule has 102 valence electrons. The van der Waals surface area contributed by atoms with Gasteiger partial charge in [-0.15, -0.1) is 0 Å². The third-order valence-electron chi connectivity index (χ3n) is 3.05. The Labute approximate surface area is 108 Å². The van der Waals surface area contributed by atoms with E-state index in [1.54, 1.807) is 0 Å². The zero-order chi connectivity index (χ0) is 13.5. The predicted molar refractivity (Wildman–Crippen MR) is 75.1 cm³/mol. The van der Waals surface area contributed by atoms with Crippen LogP contribution in [-0.4, -0.2) is 23.4 Å². The number of nitrogens with zero attached hydrogens (tertiary/aromatic N) is 1. The molecule has 0 aromatic carbocycles. The molecule has 0 spiro atoms. The largest absolute Gasteiger partial charge is 0.339 e. The van der Waals surface area contributed by atoms with Gasteiger partial charge in [0.2, 0.25) is 5.91 Å². The van der Waals surface area contributed by atoms with Crippen LogP contribution in [0, 0.1) is 5.41 Å². The number of carbonyl (C=O) groups is 1. The van der Waals surface area contributed by atoms with Gasteiger partial charge in [0.05, 0.1) is 0 Å². The molecule has 1 fully saturated rings. The number of likely N-dealkylation sites (tertiary alicyclic amines) is 1. The first kappa shape index (κ1) is 16.5.